The number of Topliss-reactive ketones (excluding diaryl/α,β-unsaturated/α-hetero) is 2. The van der Waals surface area contributed by atoms with E-state index in [-0.39, 0.29) is 11.1 Å². The van der Waals surface area contributed by atoms with Crippen molar-refractivity contribution in [2.24, 2.45) is 0 Å². The second-order valence-corrected chi connectivity index (χ2v) is 5.09. The van der Waals surface area contributed by atoms with Crippen LogP contribution < -0.4 is 5.11 Å². The van der Waals surface area contributed by atoms with Gasteiger partial charge in [-0.3, -0.25) is 9.59 Å². The minimum atomic E-state index is -1.26. The second kappa shape index (κ2) is 5.85. The minimum Gasteiger partial charge on any atom is -0.545 e. The fourth-order valence-corrected chi connectivity index (χ4v) is 2.37. The summed E-state index contributed by atoms with van der Waals surface area (Å²) in [5, 5.41) is 12.2. The van der Waals surface area contributed by atoms with Crippen LogP contribution in [0.4, 0.5) is 0 Å². The van der Waals surface area contributed by atoms with Crippen LogP contribution in [0.5, 0.6) is 0 Å². The normalized spacial score (nSPS) is 10.4. The number of carbonyl (C=O) groups is 3. The maximum atomic E-state index is 12.3. The summed E-state index contributed by atoms with van der Waals surface area (Å²) in [6.45, 7) is 0. The number of ketones is 2. The van der Waals surface area contributed by atoms with Crippen molar-refractivity contribution < 1.29 is 19.5 Å². The third-order valence-electron chi connectivity index (χ3n) is 3.58. The van der Waals surface area contributed by atoms with Gasteiger partial charge in [-0.2, -0.15) is 0 Å². The van der Waals surface area contributed by atoms with E-state index in [1.54, 1.807) is 48.5 Å². The van der Waals surface area contributed by atoms with Crippen LogP contribution in [0.15, 0.2) is 66.7 Å². The van der Waals surface area contributed by atoms with Crippen LogP contribution in [0, 0.1) is 0 Å². The van der Waals surface area contributed by atoms with Crippen molar-refractivity contribution in [3.05, 3.63) is 83.4 Å². The zero-order chi connectivity index (χ0) is 16.4. The van der Waals surface area contributed by atoms with Gasteiger partial charge in [-0.1, -0.05) is 54.6 Å². The summed E-state index contributed by atoms with van der Waals surface area (Å²) < 4.78 is 0. The van der Waals surface area contributed by atoms with E-state index in [0.29, 0.717) is 16.3 Å². The van der Waals surface area contributed by atoms with Gasteiger partial charge in [-0.05, 0) is 28.5 Å². The van der Waals surface area contributed by atoms with Crippen molar-refractivity contribution in [1.29, 1.82) is 0 Å². The lowest BCUT2D eigenvalue weighted by Crippen LogP contribution is -2.22. The number of carbonyl (C=O) groups excluding carboxylic acids is 3. The molecule has 4 nitrogen and oxygen atoms in total. The maximum Gasteiger partial charge on any atom is 0.233 e. The summed E-state index contributed by atoms with van der Waals surface area (Å²) in [4.78, 5) is 35.4. The first kappa shape index (κ1) is 14.7. The van der Waals surface area contributed by atoms with E-state index >= 15 is 0 Å². The Morgan fingerprint density at radius 2 is 1.13 bits per heavy atom. The Hall–Kier alpha value is -3.27. The van der Waals surface area contributed by atoms with Gasteiger partial charge in [0.15, 0.2) is 0 Å². The molecule has 0 bridgehead atoms. The highest BCUT2D eigenvalue weighted by Gasteiger charge is 2.18. The number of carboxylic acids is 1. The highest BCUT2D eigenvalue weighted by molar-refractivity contribution is 6.49. The average Bonchev–Trinajstić information content (AvgIpc) is 2.60. The maximum absolute atomic E-state index is 12.3. The van der Waals surface area contributed by atoms with Crippen LogP contribution >= 0.6 is 0 Å². The molecule has 0 unspecified atom stereocenters. The largest absolute Gasteiger partial charge is 0.545 e. The molecule has 0 aromatic heterocycles. The molecule has 0 saturated heterocycles. The lowest BCUT2D eigenvalue weighted by Gasteiger charge is -2.06. The van der Waals surface area contributed by atoms with Crippen LogP contribution in [-0.4, -0.2) is 17.5 Å². The van der Waals surface area contributed by atoms with Crippen LogP contribution in [0.25, 0.3) is 10.8 Å². The van der Waals surface area contributed by atoms with Gasteiger partial charge in [0.05, 0.1) is 5.97 Å². The molecule has 0 atom stereocenters. The van der Waals surface area contributed by atoms with Crippen molar-refractivity contribution in [2.75, 3.05) is 0 Å². The molecule has 0 radical (unpaired) electrons. The Labute approximate surface area is 132 Å². The van der Waals surface area contributed by atoms with Gasteiger partial charge in [-0.25, -0.2) is 0 Å². The number of hydrogen-bond acceptors (Lipinski definition) is 4. The van der Waals surface area contributed by atoms with E-state index in [4.69, 9.17) is 0 Å². The zero-order valence-electron chi connectivity index (χ0n) is 12.0. The molecule has 0 N–H and O–H groups in total. The smallest absolute Gasteiger partial charge is 0.233 e. The molecule has 4 heteroatoms. The zero-order valence-corrected chi connectivity index (χ0v) is 12.0. The molecule has 112 valence electrons. The molecule has 23 heavy (non-hydrogen) atoms. The molecule has 0 aliphatic carbocycles. The van der Waals surface area contributed by atoms with Crippen molar-refractivity contribution in [1.82, 2.24) is 0 Å². The summed E-state index contributed by atoms with van der Waals surface area (Å²) in [6, 6.07) is 17.5. The third-order valence-corrected chi connectivity index (χ3v) is 3.58. The van der Waals surface area contributed by atoms with E-state index in [9.17, 15) is 19.5 Å². The molecule has 3 aromatic rings. The summed E-state index contributed by atoms with van der Waals surface area (Å²) in [5.41, 5.74) is 0.675. The molecule has 3 rings (SSSR count). The van der Waals surface area contributed by atoms with Crippen LogP contribution in [0.2, 0.25) is 0 Å². The third kappa shape index (κ3) is 2.87. The van der Waals surface area contributed by atoms with Gasteiger partial charge in [0.1, 0.15) is 0 Å². The number of rotatable bonds is 4. The van der Waals surface area contributed by atoms with Crippen LogP contribution in [0.3, 0.4) is 0 Å². The molecular weight excluding hydrogens is 292 g/mol. The summed E-state index contributed by atoms with van der Waals surface area (Å²) in [7, 11) is 0. The predicted molar refractivity (Wildman–Crippen MR) is 83.4 cm³/mol. The highest BCUT2D eigenvalue weighted by Crippen LogP contribution is 2.19. The van der Waals surface area contributed by atoms with Crippen molar-refractivity contribution in [2.45, 2.75) is 0 Å². The van der Waals surface area contributed by atoms with Crippen molar-refractivity contribution >= 4 is 28.3 Å². The average molecular weight is 303 g/mol. The standard InChI is InChI=1S/C19H12O4/c20-17(12-4-2-1-3-5-12)18(21)15-8-6-14-11-16(19(22)23)9-7-13(14)10-15/h1-11H,(H,22,23)/p-1. The van der Waals surface area contributed by atoms with Crippen molar-refractivity contribution in [3.8, 4) is 0 Å². The molecular formula is C19H11O4-. The molecule has 0 heterocycles. The predicted octanol–water partition coefficient (Wildman–Crippen LogP) is 2.27. The van der Waals surface area contributed by atoms with Gasteiger partial charge < -0.3 is 9.90 Å². The van der Waals surface area contributed by atoms with Gasteiger partial charge >= 0.3 is 0 Å². The first-order chi connectivity index (χ1) is 11.1. The molecule has 0 aliphatic heterocycles. The lowest BCUT2D eigenvalue weighted by molar-refractivity contribution is -0.255. The lowest BCUT2D eigenvalue weighted by atomic mass is 9.98. The molecule has 0 fully saturated rings. The summed E-state index contributed by atoms with van der Waals surface area (Å²) in [6.07, 6.45) is 0. The van der Waals surface area contributed by atoms with E-state index in [2.05, 4.69) is 0 Å². The van der Waals surface area contributed by atoms with Gasteiger partial charge in [-0.15, -0.1) is 0 Å². The number of aromatic carboxylic acids is 1. The van der Waals surface area contributed by atoms with Gasteiger partial charge in [0, 0.05) is 11.1 Å². The Morgan fingerprint density at radius 3 is 1.74 bits per heavy atom. The number of fused-ring (bicyclic) bond motifs is 1. The summed E-state index contributed by atoms with van der Waals surface area (Å²) >= 11 is 0. The topological polar surface area (TPSA) is 74.3 Å². The van der Waals surface area contributed by atoms with E-state index in [1.807, 2.05) is 0 Å². The van der Waals surface area contributed by atoms with E-state index < -0.39 is 17.5 Å². The quantitative estimate of drug-likeness (QED) is 0.547. The number of benzene rings is 3. The highest BCUT2D eigenvalue weighted by atomic mass is 16.4. The monoisotopic (exact) mass is 303 g/mol. The molecule has 0 aliphatic rings. The SMILES string of the molecule is O=C([O-])c1ccc2cc(C(=O)C(=O)c3ccccc3)ccc2c1. The van der Waals surface area contributed by atoms with E-state index in [0.717, 1.165) is 0 Å². The first-order valence-corrected chi connectivity index (χ1v) is 6.95. The fourth-order valence-electron chi connectivity index (χ4n) is 2.37. The number of carboxylic acid groups (broad SMARTS) is 1. The molecule has 0 saturated carbocycles. The van der Waals surface area contributed by atoms with Gasteiger partial charge in [0.2, 0.25) is 11.6 Å². The Morgan fingerprint density at radius 1 is 0.609 bits per heavy atom. The Kier molecular flexibility index (Phi) is 3.73. The van der Waals surface area contributed by atoms with Crippen molar-refractivity contribution in [3.63, 3.8) is 0 Å². The molecule has 0 amide bonds. The minimum absolute atomic E-state index is 0.0666. The first-order valence-electron chi connectivity index (χ1n) is 6.95. The molecule has 0 spiro atoms. The van der Waals surface area contributed by atoms with E-state index in [1.165, 1.54) is 18.2 Å². The summed E-state index contributed by atoms with van der Waals surface area (Å²) in [5.74, 6) is -2.43. The van der Waals surface area contributed by atoms with Crippen LogP contribution in [-0.2, 0) is 0 Å². The van der Waals surface area contributed by atoms with Crippen LogP contribution in [0.1, 0.15) is 31.1 Å². The Balaban J connectivity index is 1.97. The Bertz CT molecular complexity index is 927. The second-order valence-electron chi connectivity index (χ2n) is 5.09. The number of hydrogen-bond donors (Lipinski definition) is 0. The fraction of sp³-hybridized carbons (Fsp3) is 0. The molecule has 3 aromatic carbocycles. The van der Waals surface area contributed by atoms with Gasteiger partial charge in [0.25, 0.3) is 0 Å².